The molecule has 1 unspecified atom stereocenters. The molecular weight excluding hydrogens is 442 g/mol. The van der Waals surface area contributed by atoms with Crippen LogP contribution in [-0.4, -0.2) is 60.9 Å². The topological polar surface area (TPSA) is 103 Å². The molecule has 0 radical (unpaired) electrons. The highest BCUT2D eigenvalue weighted by molar-refractivity contribution is 5.92. The Kier molecular flexibility index (Phi) is 6.28. The summed E-state index contributed by atoms with van der Waals surface area (Å²) in [6, 6.07) is 8.58. The maximum atomic E-state index is 9.23. The van der Waals surface area contributed by atoms with Gasteiger partial charge in [0.05, 0.1) is 11.7 Å². The number of hydrogen-bond acceptors (Lipinski definition) is 7. The number of aliphatic hydroxyl groups is 1. The Balaban J connectivity index is 1.44. The predicted octanol–water partition coefficient (Wildman–Crippen LogP) is 3.38. The van der Waals surface area contributed by atoms with Crippen molar-refractivity contribution >= 4 is 10.9 Å². The van der Waals surface area contributed by atoms with Gasteiger partial charge in [-0.05, 0) is 80.8 Å². The highest BCUT2D eigenvalue weighted by Crippen LogP contribution is 2.35. The molecule has 35 heavy (non-hydrogen) atoms. The van der Waals surface area contributed by atoms with Crippen LogP contribution in [0.1, 0.15) is 55.4 Å². The van der Waals surface area contributed by atoms with Gasteiger partial charge in [0, 0.05) is 37.1 Å². The van der Waals surface area contributed by atoms with Crippen LogP contribution < -0.4 is 5.32 Å². The molecule has 2 fully saturated rings. The number of benzene rings is 1. The first-order valence-electron chi connectivity index (χ1n) is 12.6. The molecule has 5 heterocycles. The molecule has 0 saturated carbocycles. The van der Waals surface area contributed by atoms with E-state index < -0.39 is 0 Å². The number of rotatable bonds is 6. The molecule has 6 rings (SSSR count). The predicted molar refractivity (Wildman–Crippen MR) is 132 cm³/mol. The molecule has 2 aliphatic heterocycles. The molecule has 2 saturated heterocycles. The summed E-state index contributed by atoms with van der Waals surface area (Å²) in [6.45, 7) is 2.96. The van der Waals surface area contributed by atoms with Gasteiger partial charge in [-0.25, -0.2) is 19.3 Å². The van der Waals surface area contributed by atoms with Crippen LogP contribution in [0.25, 0.3) is 28.2 Å². The van der Waals surface area contributed by atoms with Crippen LogP contribution in [0.5, 0.6) is 0 Å². The van der Waals surface area contributed by atoms with E-state index in [2.05, 4.69) is 33.6 Å². The van der Waals surface area contributed by atoms with E-state index in [0.29, 0.717) is 24.0 Å². The molecule has 0 aliphatic carbocycles. The quantitative estimate of drug-likeness (QED) is 0.443. The lowest BCUT2D eigenvalue weighted by Crippen LogP contribution is -2.26. The first-order chi connectivity index (χ1) is 17.3. The average Bonchev–Trinajstić information content (AvgIpc) is 3.55. The summed E-state index contributed by atoms with van der Waals surface area (Å²) >= 11 is 0. The van der Waals surface area contributed by atoms with Crippen molar-refractivity contribution < 1.29 is 9.84 Å². The highest BCUT2D eigenvalue weighted by atomic mass is 16.5. The molecule has 2 aliphatic rings. The minimum absolute atomic E-state index is 0.0694. The Morgan fingerprint density at radius 3 is 2.86 bits per heavy atom. The lowest BCUT2D eigenvalue weighted by Gasteiger charge is -2.24. The van der Waals surface area contributed by atoms with Gasteiger partial charge in [0.2, 0.25) is 0 Å². The van der Waals surface area contributed by atoms with Crippen molar-refractivity contribution in [2.24, 2.45) is 0 Å². The Bertz CT molecular complexity index is 1300. The van der Waals surface area contributed by atoms with Crippen molar-refractivity contribution in [3.8, 4) is 17.3 Å². The summed E-state index contributed by atoms with van der Waals surface area (Å²) in [7, 11) is 0. The van der Waals surface area contributed by atoms with E-state index >= 15 is 0 Å². The van der Waals surface area contributed by atoms with E-state index in [0.717, 1.165) is 74.0 Å². The van der Waals surface area contributed by atoms with E-state index in [4.69, 9.17) is 14.8 Å². The number of fused-ring (bicyclic) bond motifs is 1. The normalized spacial score (nSPS) is 19.4. The van der Waals surface area contributed by atoms with Crippen molar-refractivity contribution in [2.75, 3.05) is 26.3 Å². The first-order valence-corrected chi connectivity index (χ1v) is 12.6. The van der Waals surface area contributed by atoms with Crippen LogP contribution in [-0.2, 0) is 11.2 Å². The van der Waals surface area contributed by atoms with Gasteiger partial charge in [-0.1, -0.05) is 6.07 Å². The molecule has 9 heteroatoms. The van der Waals surface area contributed by atoms with E-state index in [1.165, 1.54) is 5.56 Å². The molecule has 4 aromatic rings. The van der Waals surface area contributed by atoms with Gasteiger partial charge >= 0.3 is 0 Å². The third-order valence-corrected chi connectivity index (χ3v) is 7.09. The Labute approximate surface area is 204 Å². The molecular formula is C26H31N7O2. The Morgan fingerprint density at radius 1 is 1.11 bits per heavy atom. The maximum Gasteiger partial charge on any atom is 0.182 e. The monoisotopic (exact) mass is 473 g/mol. The molecule has 3 aromatic heterocycles. The molecule has 182 valence electrons. The summed E-state index contributed by atoms with van der Waals surface area (Å²) in [5.41, 5.74) is 4.14. The number of aromatic nitrogens is 6. The number of aliphatic hydroxyl groups excluding tert-OH is 1. The second-order valence-electron chi connectivity index (χ2n) is 9.42. The van der Waals surface area contributed by atoms with Gasteiger partial charge in [-0.2, -0.15) is 10.2 Å². The Morgan fingerprint density at radius 2 is 2.03 bits per heavy atom. The van der Waals surface area contributed by atoms with Gasteiger partial charge in [-0.3, -0.25) is 0 Å². The molecule has 1 atom stereocenters. The minimum Gasteiger partial charge on any atom is -0.396 e. The van der Waals surface area contributed by atoms with Gasteiger partial charge in [0.25, 0.3) is 0 Å². The third-order valence-electron chi connectivity index (χ3n) is 7.09. The van der Waals surface area contributed by atoms with Crippen molar-refractivity contribution in [2.45, 2.75) is 50.7 Å². The number of ether oxygens (including phenoxy) is 1. The SMILES string of the molecule is OCCc1cnn(-c2ccnc(-c3nn(C4CCCCO4)c4ccc(C5CCNCC5)cc34)n2)c1. The molecule has 2 N–H and O–H groups in total. The lowest BCUT2D eigenvalue weighted by atomic mass is 9.89. The summed E-state index contributed by atoms with van der Waals surface area (Å²) in [4.78, 5) is 9.45. The van der Waals surface area contributed by atoms with Crippen LogP contribution in [0.4, 0.5) is 0 Å². The second kappa shape index (κ2) is 9.85. The largest absolute Gasteiger partial charge is 0.396 e. The number of nitrogens with zero attached hydrogens (tertiary/aromatic N) is 6. The number of nitrogens with one attached hydrogen (secondary N) is 1. The number of piperidine rings is 1. The highest BCUT2D eigenvalue weighted by Gasteiger charge is 2.24. The van der Waals surface area contributed by atoms with Crippen LogP contribution in [0, 0.1) is 0 Å². The molecule has 0 amide bonds. The van der Waals surface area contributed by atoms with E-state index in [-0.39, 0.29) is 12.8 Å². The van der Waals surface area contributed by atoms with Crippen molar-refractivity contribution in [1.29, 1.82) is 0 Å². The fraction of sp³-hybridized carbons (Fsp3) is 0.462. The van der Waals surface area contributed by atoms with Crippen molar-refractivity contribution in [3.63, 3.8) is 0 Å². The number of hydrogen-bond donors (Lipinski definition) is 2. The first kappa shape index (κ1) is 22.3. The maximum absolute atomic E-state index is 9.23. The molecule has 0 bridgehead atoms. The summed E-state index contributed by atoms with van der Waals surface area (Å²) < 4.78 is 9.85. The van der Waals surface area contributed by atoms with E-state index in [9.17, 15) is 5.11 Å². The fourth-order valence-corrected chi connectivity index (χ4v) is 5.20. The fourth-order valence-electron chi connectivity index (χ4n) is 5.20. The summed E-state index contributed by atoms with van der Waals surface area (Å²) in [5, 5.41) is 23.2. The van der Waals surface area contributed by atoms with Gasteiger partial charge < -0.3 is 15.2 Å². The molecule has 1 aromatic carbocycles. The summed E-state index contributed by atoms with van der Waals surface area (Å²) in [6.07, 6.45) is 11.4. The Hall–Kier alpha value is -3.14. The minimum atomic E-state index is -0.0694. The molecule has 9 nitrogen and oxygen atoms in total. The standard InChI is InChI=1S/C26H31N7O2/c34-13-9-18-16-29-32(17-18)23-8-12-28-26(30-23)25-21-15-20(19-6-10-27-11-7-19)4-5-22(21)33(31-25)24-3-1-2-14-35-24/h4-5,8,12,15-17,19,24,27,34H,1-3,6-7,9-11,13-14H2. The van der Waals surface area contributed by atoms with Gasteiger partial charge in [0.1, 0.15) is 5.69 Å². The van der Waals surface area contributed by atoms with Crippen LogP contribution in [0.15, 0.2) is 42.9 Å². The van der Waals surface area contributed by atoms with Crippen LogP contribution in [0.3, 0.4) is 0 Å². The smallest absolute Gasteiger partial charge is 0.182 e. The van der Waals surface area contributed by atoms with Gasteiger partial charge in [-0.15, -0.1) is 0 Å². The third kappa shape index (κ3) is 4.47. The molecule has 0 spiro atoms. The van der Waals surface area contributed by atoms with E-state index in [1.807, 2.05) is 16.9 Å². The van der Waals surface area contributed by atoms with Gasteiger partial charge in [0.15, 0.2) is 17.9 Å². The zero-order chi connectivity index (χ0) is 23.6. The van der Waals surface area contributed by atoms with E-state index in [1.54, 1.807) is 17.1 Å². The zero-order valence-corrected chi connectivity index (χ0v) is 19.8. The van der Waals surface area contributed by atoms with Crippen molar-refractivity contribution in [1.82, 2.24) is 34.8 Å². The van der Waals surface area contributed by atoms with Crippen LogP contribution in [0.2, 0.25) is 0 Å². The van der Waals surface area contributed by atoms with Crippen LogP contribution >= 0.6 is 0 Å². The zero-order valence-electron chi connectivity index (χ0n) is 19.8. The van der Waals surface area contributed by atoms with Crippen molar-refractivity contribution in [3.05, 3.63) is 54.0 Å². The average molecular weight is 474 g/mol. The second-order valence-corrected chi connectivity index (χ2v) is 9.42. The lowest BCUT2D eigenvalue weighted by molar-refractivity contribution is -0.0365. The summed E-state index contributed by atoms with van der Waals surface area (Å²) in [5.74, 6) is 1.79.